The minimum absolute atomic E-state index is 0.0878. The van der Waals surface area contributed by atoms with Crippen LogP contribution in [0.3, 0.4) is 0 Å². The van der Waals surface area contributed by atoms with Crippen molar-refractivity contribution in [3.05, 3.63) is 0 Å². The molecule has 0 saturated heterocycles. The summed E-state index contributed by atoms with van der Waals surface area (Å²) in [4.78, 5) is 11.2. The number of nitrogens with zero attached hydrogens (tertiary/aromatic N) is 1. The van der Waals surface area contributed by atoms with E-state index in [0.29, 0.717) is 12.6 Å². The van der Waals surface area contributed by atoms with Gasteiger partial charge in [0.1, 0.15) is 6.54 Å². The zero-order valence-electron chi connectivity index (χ0n) is 9.25. The molecule has 84 valence electrons. The summed E-state index contributed by atoms with van der Waals surface area (Å²) in [6, 6.07) is 2.36. The lowest BCUT2D eigenvalue weighted by atomic mass is 9.87. The molecule has 15 heavy (non-hydrogen) atoms. The minimum atomic E-state index is -0.0878. The molecule has 1 fully saturated rings. The molecule has 0 aromatic heterocycles. The second kappa shape index (κ2) is 6.41. The number of hydrogen-bond acceptors (Lipinski definition) is 3. The molecule has 0 aliphatic heterocycles. The molecule has 0 spiro atoms. The highest BCUT2D eigenvalue weighted by Crippen LogP contribution is 2.23. The number of rotatable bonds is 4. The third-order valence-electron chi connectivity index (χ3n) is 2.93. The van der Waals surface area contributed by atoms with Gasteiger partial charge in [0.15, 0.2) is 0 Å². The maximum Gasteiger partial charge on any atom is 0.234 e. The van der Waals surface area contributed by atoms with Gasteiger partial charge >= 0.3 is 0 Å². The van der Waals surface area contributed by atoms with Crippen LogP contribution < -0.4 is 10.6 Å². The van der Waals surface area contributed by atoms with Crippen molar-refractivity contribution in [2.45, 2.75) is 38.6 Å². The Kier molecular flexibility index (Phi) is 5.13. The summed E-state index contributed by atoms with van der Waals surface area (Å²) in [6.45, 7) is 2.71. The molecule has 4 heteroatoms. The van der Waals surface area contributed by atoms with E-state index in [2.05, 4.69) is 17.6 Å². The van der Waals surface area contributed by atoms with Crippen LogP contribution >= 0.6 is 0 Å². The standard InChI is InChI=1S/C11H19N3O/c1-9-2-4-10(5-3-9)14-8-11(15)13-7-6-12/h9-10,14H,2-5,7-8H2,1H3,(H,13,15). The lowest BCUT2D eigenvalue weighted by molar-refractivity contribution is -0.120. The van der Waals surface area contributed by atoms with Crippen molar-refractivity contribution >= 4 is 5.91 Å². The highest BCUT2D eigenvalue weighted by Gasteiger charge is 2.17. The van der Waals surface area contributed by atoms with Gasteiger partial charge in [0.05, 0.1) is 12.6 Å². The Bertz CT molecular complexity index is 239. The Hall–Kier alpha value is -1.08. The summed E-state index contributed by atoms with van der Waals surface area (Å²) in [6.07, 6.45) is 4.81. The van der Waals surface area contributed by atoms with Gasteiger partial charge in [-0.2, -0.15) is 5.26 Å². The third kappa shape index (κ3) is 4.80. The van der Waals surface area contributed by atoms with Gasteiger partial charge in [0.25, 0.3) is 0 Å². The SMILES string of the molecule is CC1CCC(NCC(=O)NCC#N)CC1. The van der Waals surface area contributed by atoms with Crippen molar-refractivity contribution in [1.29, 1.82) is 5.26 Å². The summed E-state index contributed by atoms with van der Waals surface area (Å²) in [5.41, 5.74) is 0. The molecular weight excluding hydrogens is 190 g/mol. The van der Waals surface area contributed by atoms with Crippen LogP contribution in [0.1, 0.15) is 32.6 Å². The van der Waals surface area contributed by atoms with Crippen LogP contribution in [0.15, 0.2) is 0 Å². The molecule has 1 aliphatic carbocycles. The Morgan fingerprint density at radius 2 is 2.07 bits per heavy atom. The van der Waals surface area contributed by atoms with E-state index in [1.165, 1.54) is 12.8 Å². The highest BCUT2D eigenvalue weighted by atomic mass is 16.1. The van der Waals surface area contributed by atoms with E-state index in [9.17, 15) is 4.79 Å². The van der Waals surface area contributed by atoms with Crippen LogP contribution in [-0.2, 0) is 4.79 Å². The second-order valence-corrected chi connectivity index (χ2v) is 4.27. The molecule has 0 radical (unpaired) electrons. The maximum atomic E-state index is 11.2. The quantitative estimate of drug-likeness (QED) is 0.673. The van der Waals surface area contributed by atoms with Gasteiger partial charge in [0, 0.05) is 6.04 Å². The first-order valence-corrected chi connectivity index (χ1v) is 5.59. The largest absolute Gasteiger partial charge is 0.342 e. The normalized spacial score (nSPS) is 25.6. The van der Waals surface area contributed by atoms with Gasteiger partial charge in [-0.1, -0.05) is 6.92 Å². The van der Waals surface area contributed by atoms with Crippen molar-refractivity contribution in [3.8, 4) is 6.07 Å². The van der Waals surface area contributed by atoms with Crippen LogP contribution in [0.4, 0.5) is 0 Å². The lowest BCUT2D eigenvalue weighted by Crippen LogP contribution is -2.40. The minimum Gasteiger partial charge on any atom is -0.342 e. The first-order valence-electron chi connectivity index (χ1n) is 5.59. The highest BCUT2D eigenvalue weighted by molar-refractivity contribution is 5.78. The van der Waals surface area contributed by atoms with Crippen molar-refractivity contribution < 1.29 is 4.79 Å². The number of carbonyl (C=O) groups is 1. The summed E-state index contributed by atoms with van der Waals surface area (Å²) in [5.74, 6) is 0.741. The Balaban J connectivity index is 2.09. The topological polar surface area (TPSA) is 64.9 Å². The van der Waals surface area contributed by atoms with Gasteiger partial charge in [-0.3, -0.25) is 4.79 Å². The third-order valence-corrected chi connectivity index (χ3v) is 2.93. The summed E-state index contributed by atoms with van der Waals surface area (Å²) < 4.78 is 0. The fraction of sp³-hybridized carbons (Fsp3) is 0.818. The lowest BCUT2D eigenvalue weighted by Gasteiger charge is -2.26. The zero-order valence-corrected chi connectivity index (χ0v) is 9.25. The molecule has 4 nitrogen and oxygen atoms in total. The molecule has 1 amide bonds. The van der Waals surface area contributed by atoms with Crippen LogP contribution in [0.5, 0.6) is 0 Å². The van der Waals surface area contributed by atoms with Crippen LogP contribution in [0.25, 0.3) is 0 Å². The van der Waals surface area contributed by atoms with Crippen molar-refractivity contribution in [3.63, 3.8) is 0 Å². The molecule has 0 aromatic rings. The fourth-order valence-corrected chi connectivity index (χ4v) is 1.90. The second-order valence-electron chi connectivity index (χ2n) is 4.27. The molecule has 1 saturated carbocycles. The Morgan fingerprint density at radius 1 is 1.40 bits per heavy atom. The Labute approximate surface area is 91.0 Å². The average molecular weight is 209 g/mol. The van der Waals surface area contributed by atoms with E-state index in [1.807, 2.05) is 6.07 Å². The summed E-state index contributed by atoms with van der Waals surface area (Å²) >= 11 is 0. The first-order chi connectivity index (χ1) is 7.22. The maximum absolute atomic E-state index is 11.2. The molecular formula is C11H19N3O. The smallest absolute Gasteiger partial charge is 0.234 e. The summed E-state index contributed by atoms with van der Waals surface area (Å²) in [7, 11) is 0. The van der Waals surface area contributed by atoms with E-state index in [-0.39, 0.29) is 12.5 Å². The molecule has 1 aliphatic rings. The van der Waals surface area contributed by atoms with E-state index in [0.717, 1.165) is 18.8 Å². The predicted molar refractivity (Wildman–Crippen MR) is 58.0 cm³/mol. The average Bonchev–Trinajstić information content (AvgIpc) is 2.25. The van der Waals surface area contributed by atoms with Gasteiger partial charge in [0.2, 0.25) is 5.91 Å². The van der Waals surface area contributed by atoms with Crippen LogP contribution in [-0.4, -0.2) is 25.0 Å². The number of amides is 1. The molecule has 0 bridgehead atoms. The van der Waals surface area contributed by atoms with E-state index in [1.54, 1.807) is 0 Å². The number of nitriles is 1. The van der Waals surface area contributed by atoms with Crippen molar-refractivity contribution in [2.75, 3.05) is 13.1 Å². The Morgan fingerprint density at radius 3 is 2.67 bits per heavy atom. The molecule has 0 aromatic carbocycles. The molecule has 2 N–H and O–H groups in total. The molecule has 0 heterocycles. The van der Waals surface area contributed by atoms with E-state index < -0.39 is 0 Å². The van der Waals surface area contributed by atoms with Gasteiger partial charge in [-0.15, -0.1) is 0 Å². The fourth-order valence-electron chi connectivity index (χ4n) is 1.90. The monoisotopic (exact) mass is 209 g/mol. The van der Waals surface area contributed by atoms with Gasteiger partial charge in [-0.05, 0) is 31.6 Å². The van der Waals surface area contributed by atoms with Crippen LogP contribution in [0, 0.1) is 17.2 Å². The number of carbonyl (C=O) groups excluding carboxylic acids is 1. The van der Waals surface area contributed by atoms with E-state index in [4.69, 9.17) is 5.26 Å². The van der Waals surface area contributed by atoms with E-state index >= 15 is 0 Å². The molecule has 0 unspecified atom stereocenters. The zero-order chi connectivity index (χ0) is 11.1. The predicted octanol–water partition coefficient (Wildman–Crippen LogP) is 0.794. The van der Waals surface area contributed by atoms with Gasteiger partial charge in [-0.25, -0.2) is 0 Å². The first kappa shape index (κ1) is 12.0. The summed E-state index contributed by atoms with van der Waals surface area (Å²) in [5, 5.41) is 14.0. The number of hydrogen-bond donors (Lipinski definition) is 2. The van der Waals surface area contributed by atoms with Crippen LogP contribution in [0.2, 0.25) is 0 Å². The van der Waals surface area contributed by atoms with Crippen molar-refractivity contribution in [2.24, 2.45) is 5.92 Å². The number of nitrogens with one attached hydrogen (secondary N) is 2. The van der Waals surface area contributed by atoms with Gasteiger partial charge < -0.3 is 10.6 Å². The van der Waals surface area contributed by atoms with Crippen molar-refractivity contribution in [1.82, 2.24) is 10.6 Å². The molecule has 0 atom stereocenters. The molecule has 1 rings (SSSR count).